The van der Waals surface area contributed by atoms with Crippen LogP contribution in [0.3, 0.4) is 0 Å². The first kappa shape index (κ1) is 13.9. The van der Waals surface area contributed by atoms with E-state index in [0.29, 0.717) is 31.6 Å². The van der Waals surface area contributed by atoms with Gasteiger partial charge in [0.2, 0.25) is 5.89 Å². The predicted molar refractivity (Wildman–Crippen MR) is 72.1 cm³/mol. The first-order chi connectivity index (χ1) is 9.28. The molecule has 0 aliphatic rings. The van der Waals surface area contributed by atoms with E-state index in [-0.39, 0.29) is 0 Å². The molecular formula is C11H17N5O2S. The molecule has 19 heavy (non-hydrogen) atoms. The highest BCUT2D eigenvalue weighted by Crippen LogP contribution is 2.13. The van der Waals surface area contributed by atoms with Crippen LogP contribution in [0.5, 0.6) is 0 Å². The van der Waals surface area contributed by atoms with Crippen molar-refractivity contribution in [3.63, 3.8) is 0 Å². The van der Waals surface area contributed by atoms with E-state index in [0.717, 1.165) is 11.6 Å². The number of nitrogens with one attached hydrogen (secondary N) is 2. The summed E-state index contributed by atoms with van der Waals surface area (Å²) in [6.45, 7) is 4.56. The van der Waals surface area contributed by atoms with Gasteiger partial charge in [0.05, 0.1) is 19.7 Å². The number of anilines is 1. The Kier molecular flexibility index (Phi) is 5.25. The highest BCUT2D eigenvalue weighted by molar-refractivity contribution is 7.11. The van der Waals surface area contributed by atoms with Crippen molar-refractivity contribution >= 4 is 17.4 Å². The molecule has 0 saturated heterocycles. The molecule has 2 rings (SSSR count). The topological polar surface area (TPSA) is 85.1 Å². The number of rotatable bonds is 8. The Morgan fingerprint density at radius 2 is 2.26 bits per heavy atom. The van der Waals surface area contributed by atoms with Crippen molar-refractivity contribution in [2.24, 2.45) is 0 Å². The monoisotopic (exact) mass is 283 g/mol. The SMILES string of the molecule is COCCNCc1nnc(NCc2ncc(C)s2)o1. The molecule has 0 spiro atoms. The van der Waals surface area contributed by atoms with Crippen LogP contribution < -0.4 is 10.6 Å². The molecule has 0 aromatic carbocycles. The minimum Gasteiger partial charge on any atom is -0.407 e. The second kappa shape index (κ2) is 7.17. The minimum absolute atomic E-state index is 0.413. The Balaban J connectivity index is 1.74. The Bertz CT molecular complexity index is 499. The lowest BCUT2D eigenvalue weighted by Crippen LogP contribution is -2.18. The molecule has 0 saturated carbocycles. The lowest BCUT2D eigenvalue weighted by molar-refractivity contribution is 0.198. The zero-order valence-electron chi connectivity index (χ0n) is 11.0. The molecule has 2 N–H and O–H groups in total. The summed E-state index contributed by atoms with van der Waals surface area (Å²) in [5.41, 5.74) is 0. The van der Waals surface area contributed by atoms with Gasteiger partial charge in [0.25, 0.3) is 0 Å². The number of thiazole rings is 1. The van der Waals surface area contributed by atoms with Crippen molar-refractivity contribution in [2.45, 2.75) is 20.0 Å². The Hall–Kier alpha value is -1.51. The van der Waals surface area contributed by atoms with E-state index in [2.05, 4.69) is 25.8 Å². The second-order valence-electron chi connectivity index (χ2n) is 3.89. The molecular weight excluding hydrogens is 266 g/mol. The molecule has 0 bridgehead atoms. The summed E-state index contributed by atoms with van der Waals surface area (Å²) < 4.78 is 10.4. The van der Waals surface area contributed by atoms with Gasteiger partial charge in [-0.3, -0.25) is 0 Å². The van der Waals surface area contributed by atoms with Crippen LogP contribution in [0.4, 0.5) is 6.01 Å². The lowest BCUT2D eigenvalue weighted by atomic mass is 10.6. The summed E-state index contributed by atoms with van der Waals surface area (Å²) in [5, 5.41) is 15.0. The fourth-order valence-corrected chi connectivity index (χ4v) is 2.13. The van der Waals surface area contributed by atoms with E-state index in [1.54, 1.807) is 18.4 Å². The third-order valence-corrected chi connectivity index (χ3v) is 3.20. The Morgan fingerprint density at radius 1 is 1.37 bits per heavy atom. The number of aromatic nitrogens is 3. The number of hydrogen-bond acceptors (Lipinski definition) is 8. The first-order valence-corrected chi connectivity index (χ1v) is 6.77. The van der Waals surface area contributed by atoms with Gasteiger partial charge in [-0.1, -0.05) is 5.10 Å². The van der Waals surface area contributed by atoms with Crippen LogP contribution in [-0.4, -0.2) is 35.4 Å². The number of aryl methyl sites for hydroxylation is 1. The Morgan fingerprint density at radius 3 is 3.00 bits per heavy atom. The maximum Gasteiger partial charge on any atom is 0.315 e. The molecule has 0 atom stereocenters. The van der Waals surface area contributed by atoms with E-state index in [4.69, 9.17) is 9.15 Å². The van der Waals surface area contributed by atoms with E-state index in [9.17, 15) is 0 Å². The third-order valence-electron chi connectivity index (χ3n) is 2.29. The number of methoxy groups -OCH3 is 1. The number of ether oxygens (including phenoxy) is 1. The summed E-state index contributed by atoms with van der Waals surface area (Å²) >= 11 is 1.64. The lowest BCUT2D eigenvalue weighted by Gasteiger charge is -1.99. The van der Waals surface area contributed by atoms with Crippen LogP contribution in [0.1, 0.15) is 15.8 Å². The van der Waals surface area contributed by atoms with Gasteiger partial charge >= 0.3 is 6.01 Å². The van der Waals surface area contributed by atoms with Crippen LogP contribution in [0.25, 0.3) is 0 Å². The van der Waals surface area contributed by atoms with Crippen molar-refractivity contribution in [1.29, 1.82) is 0 Å². The maximum absolute atomic E-state index is 5.43. The largest absolute Gasteiger partial charge is 0.407 e. The summed E-state index contributed by atoms with van der Waals surface area (Å²) in [7, 11) is 1.66. The van der Waals surface area contributed by atoms with Crippen molar-refractivity contribution in [3.8, 4) is 0 Å². The van der Waals surface area contributed by atoms with Crippen molar-refractivity contribution in [1.82, 2.24) is 20.5 Å². The molecule has 2 heterocycles. The highest BCUT2D eigenvalue weighted by Gasteiger charge is 2.06. The van der Waals surface area contributed by atoms with Crippen LogP contribution in [0.2, 0.25) is 0 Å². The second-order valence-corrected chi connectivity index (χ2v) is 5.21. The number of nitrogens with zero attached hydrogens (tertiary/aromatic N) is 3. The summed E-state index contributed by atoms with van der Waals surface area (Å²) in [6.07, 6.45) is 1.85. The molecule has 104 valence electrons. The minimum atomic E-state index is 0.413. The average Bonchev–Trinajstić information content (AvgIpc) is 3.01. The van der Waals surface area contributed by atoms with Gasteiger partial charge < -0.3 is 19.8 Å². The molecule has 7 nitrogen and oxygen atoms in total. The van der Waals surface area contributed by atoms with Crippen LogP contribution >= 0.6 is 11.3 Å². The fourth-order valence-electron chi connectivity index (χ4n) is 1.40. The summed E-state index contributed by atoms with van der Waals surface area (Å²) in [6, 6.07) is 0.413. The summed E-state index contributed by atoms with van der Waals surface area (Å²) in [5.74, 6) is 0.550. The van der Waals surface area contributed by atoms with Gasteiger partial charge in [-0.15, -0.1) is 16.4 Å². The van der Waals surface area contributed by atoms with Crippen LogP contribution in [-0.2, 0) is 17.8 Å². The predicted octanol–water partition coefficient (Wildman–Crippen LogP) is 1.18. The molecule has 2 aromatic rings. The molecule has 0 fully saturated rings. The average molecular weight is 283 g/mol. The number of hydrogen-bond donors (Lipinski definition) is 2. The normalized spacial score (nSPS) is 10.8. The molecule has 0 aliphatic carbocycles. The third kappa shape index (κ3) is 4.58. The van der Waals surface area contributed by atoms with Crippen molar-refractivity contribution < 1.29 is 9.15 Å². The zero-order chi connectivity index (χ0) is 13.5. The Labute approximate surface area is 115 Å². The molecule has 8 heteroatoms. The van der Waals surface area contributed by atoms with Gasteiger partial charge in [0.15, 0.2) is 0 Å². The van der Waals surface area contributed by atoms with Crippen LogP contribution in [0, 0.1) is 6.92 Å². The van der Waals surface area contributed by atoms with Crippen LogP contribution in [0.15, 0.2) is 10.6 Å². The fraction of sp³-hybridized carbons (Fsp3) is 0.545. The van der Waals surface area contributed by atoms with E-state index >= 15 is 0 Å². The van der Waals surface area contributed by atoms with E-state index in [1.165, 1.54) is 4.88 Å². The van der Waals surface area contributed by atoms with Gasteiger partial charge in [-0.05, 0) is 6.92 Å². The molecule has 0 amide bonds. The first-order valence-electron chi connectivity index (χ1n) is 5.95. The standard InChI is InChI=1S/C11H17N5O2S/c1-8-5-13-10(19-8)7-14-11-16-15-9(18-11)6-12-3-4-17-2/h5,12H,3-4,6-7H2,1-2H3,(H,14,16). The van der Waals surface area contributed by atoms with Crippen molar-refractivity contribution in [3.05, 3.63) is 22.0 Å². The zero-order valence-corrected chi connectivity index (χ0v) is 11.8. The van der Waals surface area contributed by atoms with Gasteiger partial charge in [0, 0.05) is 24.7 Å². The van der Waals surface area contributed by atoms with Gasteiger partial charge in [-0.2, -0.15) is 0 Å². The molecule has 0 radical (unpaired) electrons. The van der Waals surface area contributed by atoms with E-state index < -0.39 is 0 Å². The molecule has 0 unspecified atom stereocenters. The quantitative estimate of drug-likeness (QED) is 0.704. The van der Waals surface area contributed by atoms with Gasteiger partial charge in [0.1, 0.15) is 5.01 Å². The highest BCUT2D eigenvalue weighted by atomic mass is 32.1. The molecule has 2 aromatic heterocycles. The van der Waals surface area contributed by atoms with Gasteiger partial charge in [-0.25, -0.2) is 4.98 Å². The van der Waals surface area contributed by atoms with E-state index in [1.807, 2.05) is 13.1 Å². The molecule has 0 aliphatic heterocycles. The maximum atomic E-state index is 5.43. The smallest absolute Gasteiger partial charge is 0.315 e. The summed E-state index contributed by atoms with van der Waals surface area (Å²) in [4.78, 5) is 5.43. The van der Waals surface area contributed by atoms with Crippen molar-refractivity contribution in [2.75, 3.05) is 25.6 Å².